The van der Waals surface area contributed by atoms with E-state index in [1.165, 1.54) is 4.90 Å². The van der Waals surface area contributed by atoms with E-state index in [-0.39, 0.29) is 29.7 Å². The first-order chi connectivity index (χ1) is 7.16. The number of fused-ring (bicyclic) bond motifs is 1. The number of carbonyl (C=O) groups excluding carboxylic acids is 2. The molecular formula is C11H18N2O2. The summed E-state index contributed by atoms with van der Waals surface area (Å²) in [5.41, 5.74) is 0. The summed E-state index contributed by atoms with van der Waals surface area (Å²) >= 11 is 0. The van der Waals surface area contributed by atoms with Crippen molar-refractivity contribution in [2.24, 2.45) is 11.8 Å². The minimum atomic E-state index is -0.102. The maximum atomic E-state index is 12.0. The zero-order valence-corrected chi connectivity index (χ0v) is 9.32. The second kappa shape index (κ2) is 3.93. The third-order valence-corrected chi connectivity index (χ3v) is 3.50. The summed E-state index contributed by atoms with van der Waals surface area (Å²) in [5, 5.41) is 3.19. The van der Waals surface area contributed by atoms with Crippen LogP contribution < -0.4 is 5.32 Å². The predicted molar refractivity (Wildman–Crippen MR) is 56.1 cm³/mol. The number of likely N-dealkylation sites (tertiary alicyclic amines) is 1. The van der Waals surface area contributed by atoms with E-state index < -0.39 is 0 Å². The van der Waals surface area contributed by atoms with Gasteiger partial charge >= 0.3 is 0 Å². The Morgan fingerprint density at radius 3 is 2.73 bits per heavy atom. The van der Waals surface area contributed by atoms with Crippen LogP contribution in [-0.4, -0.2) is 35.8 Å². The lowest BCUT2D eigenvalue weighted by atomic mass is 9.94. The molecule has 0 aromatic rings. The molecule has 2 aliphatic heterocycles. The van der Waals surface area contributed by atoms with Gasteiger partial charge in [0, 0.05) is 19.1 Å². The van der Waals surface area contributed by atoms with Crippen LogP contribution in [0.5, 0.6) is 0 Å². The molecule has 3 unspecified atom stereocenters. The number of nitrogens with one attached hydrogen (secondary N) is 1. The zero-order chi connectivity index (χ0) is 11.0. The number of unbranched alkanes of at least 4 members (excludes halogenated alkanes) is 1. The Kier molecular flexibility index (Phi) is 2.78. The first-order valence-electron chi connectivity index (χ1n) is 5.75. The number of nitrogens with zero attached hydrogens (tertiary/aromatic N) is 1. The Labute approximate surface area is 90.0 Å². The van der Waals surface area contributed by atoms with Gasteiger partial charge in [-0.25, -0.2) is 0 Å². The zero-order valence-electron chi connectivity index (χ0n) is 9.32. The van der Waals surface area contributed by atoms with Crippen LogP contribution in [0.2, 0.25) is 0 Å². The standard InChI is InChI=1S/C11H18N2O2/c1-3-4-5-13-10(14)8-6-12-7(2)9(8)11(13)15/h7-9,12H,3-6H2,1-2H3. The molecule has 15 heavy (non-hydrogen) atoms. The Bertz CT molecular complexity index is 290. The summed E-state index contributed by atoms with van der Waals surface area (Å²) in [4.78, 5) is 25.4. The van der Waals surface area contributed by atoms with Crippen molar-refractivity contribution in [3.63, 3.8) is 0 Å². The van der Waals surface area contributed by atoms with E-state index in [2.05, 4.69) is 12.2 Å². The van der Waals surface area contributed by atoms with Crippen LogP contribution in [0.1, 0.15) is 26.7 Å². The van der Waals surface area contributed by atoms with Crippen molar-refractivity contribution in [1.82, 2.24) is 10.2 Å². The topological polar surface area (TPSA) is 49.4 Å². The van der Waals surface area contributed by atoms with E-state index in [0.717, 1.165) is 12.8 Å². The highest BCUT2D eigenvalue weighted by molar-refractivity contribution is 6.06. The lowest BCUT2D eigenvalue weighted by molar-refractivity contribution is -0.140. The van der Waals surface area contributed by atoms with Gasteiger partial charge in [0.05, 0.1) is 11.8 Å². The van der Waals surface area contributed by atoms with Gasteiger partial charge in [0.1, 0.15) is 0 Å². The Morgan fingerprint density at radius 1 is 1.40 bits per heavy atom. The molecule has 0 aromatic carbocycles. The number of amides is 2. The van der Waals surface area contributed by atoms with Crippen molar-refractivity contribution in [2.75, 3.05) is 13.1 Å². The van der Waals surface area contributed by atoms with E-state index >= 15 is 0 Å². The van der Waals surface area contributed by atoms with Gasteiger partial charge in [-0.05, 0) is 13.3 Å². The van der Waals surface area contributed by atoms with Crippen molar-refractivity contribution < 1.29 is 9.59 Å². The highest BCUT2D eigenvalue weighted by atomic mass is 16.2. The molecule has 2 amide bonds. The largest absolute Gasteiger partial charge is 0.313 e. The molecular weight excluding hydrogens is 192 g/mol. The van der Waals surface area contributed by atoms with E-state index in [1.807, 2.05) is 6.92 Å². The number of carbonyl (C=O) groups is 2. The van der Waals surface area contributed by atoms with Gasteiger partial charge in [0.25, 0.3) is 0 Å². The highest BCUT2D eigenvalue weighted by Crippen LogP contribution is 2.32. The number of rotatable bonds is 3. The van der Waals surface area contributed by atoms with Crippen LogP contribution in [0.4, 0.5) is 0 Å². The van der Waals surface area contributed by atoms with Crippen molar-refractivity contribution in [1.29, 1.82) is 0 Å². The smallest absolute Gasteiger partial charge is 0.234 e. The normalized spacial score (nSPS) is 35.1. The molecule has 0 spiro atoms. The molecule has 3 atom stereocenters. The number of hydrogen-bond acceptors (Lipinski definition) is 3. The Morgan fingerprint density at radius 2 is 2.13 bits per heavy atom. The monoisotopic (exact) mass is 210 g/mol. The summed E-state index contributed by atoms with van der Waals surface area (Å²) in [7, 11) is 0. The Hall–Kier alpha value is -0.900. The number of hydrogen-bond donors (Lipinski definition) is 1. The van der Waals surface area contributed by atoms with Gasteiger partial charge in [0.15, 0.2) is 0 Å². The van der Waals surface area contributed by atoms with E-state index in [0.29, 0.717) is 13.1 Å². The van der Waals surface area contributed by atoms with Crippen molar-refractivity contribution in [2.45, 2.75) is 32.7 Å². The minimum absolute atomic E-state index is 0.0373. The van der Waals surface area contributed by atoms with Crippen LogP contribution in [0.15, 0.2) is 0 Å². The maximum Gasteiger partial charge on any atom is 0.234 e. The molecule has 2 rings (SSSR count). The second-order valence-electron chi connectivity index (χ2n) is 4.51. The van der Waals surface area contributed by atoms with Crippen molar-refractivity contribution >= 4 is 11.8 Å². The molecule has 4 nitrogen and oxygen atoms in total. The van der Waals surface area contributed by atoms with Gasteiger partial charge in [-0.3, -0.25) is 14.5 Å². The molecule has 1 N–H and O–H groups in total. The van der Waals surface area contributed by atoms with Crippen molar-refractivity contribution in [3.05, 3.63) is 0 Å². The van der Waals surface area contributed by atoms with Crippen LogP contribution in [0.3, 0.4) is 0 Å². The summed E-state index contributed by atoms with van der Waals surface area (Å²) in [6.45, 7) is 5.32. The van der Waals surface area contributed by atoms with Gasteiger partial charge in [0.2, 0.25) is 11.8 Å². The van der Waals surface area contributed by atoms with Gasteiger partial charge in [-0.1, -0.05) is 13.3 Å². The highest BCUT2D eigenvalue weighted by Gasteiger charge is 2.52. The third kappa shape index (κ3) is 1.57. The minimum Gasteiger partial charge on any atom is -0.313 e. The molecule has 0 bridgehead atoms. The van der Waals surface area contributed by atoms with E-state index in [9.17, 15) is 9.59 Å². The average molecular weight is 210 g/mol. The van der Waals surface area contributed by atoms with Crippen molar-refractivity contribution in [3.8, 4) is 0 Å². The van der Waals surface area contributed by atoms with Crippen LogP contribution in [-0.2, 0) is 9.59 Å². The van der Waals surface area contributed by atoms with E-state index in [1.54, 1.807) is 0 Å². The average Bonchev–Trinajstić information content (AvgIpc) is 2.69. The van der Waals surface area contributed by atoms with Gasteiger partial charge in [-0.2, -0.15) is 0 Å². The first-order valence-corrected chi connectivity index (χ1v) is 5.75. The lowest BCUT2D eigenvalue weighted by Gasteiger charge is -2.16. The fourth-order valence-electron chi connectivity index (χ4n) is 2.57. The second-order valence-corrected chi connectivity index (χ2v) is 4.51. The molecule has 84 valence electrons. The van der Waals surface area contributed by atoms with E-state index in [4.69, 9.17) is 0 Å². The molecule has 2 aliphatic rings. The molecule has 2 saturated heterocycles. The summed E-state index contributed by atoms with van der Waals surface area (Å²) in [6.07, 6.45) is 1.93. The lowest BCUT2D eigenvalue weighted by Crippen LogP contribution is -2.37. The molecule has 4 heteroatoms. The summed E-state index contributed by atoms with van der Waals surface area (Å²) < 4.78 is 0. The summed E-state index contributed by atoms with van der Waals surface area (Å²) in [6, 6.07) is 0.151. The predicted octanol–water partition coefficient (Wildman–Crippen LogP) is 0.379. The SMILES string of the molecule is CCCCN1C(=O)C2CNC(C)C2C1=O. The molecule has 0 aliphatic carbocycles. The van der Waals surface area contributed by atoms with Gasteiger partial charge in [-0.15, -0.1) is 0 Å². The molecule has 0 aromatic heterocycles. The van der Waals surface area contributed by atoms with Crippen LogP contribution in [0.25, 0.3) is 0 Å². The van der Waals surface area contributed by atoms with Gasteiger partial charge < -0.3 is 5.32 Å². The fourth-order valence-corrected chi connectivity index (χ4v) is 2.57. The van der Waals surface area contributed by atoms with Crippen LogP contribution >= 0.6 is 0 Å². The fraction of sp³-hybridized carbons (Fsp3) is 0.818. The number of imide groups is 1. The first kappa shape index (κ1) is 10.6. The summed E-state index contributed by atoms with van der Waals surface area (Å²) in [5.74, 6) is -0.120. The van der Waals surface area contributed by atoms with Crippen LogP contribution in [0, 0.1) is 11.8 Å². The molecule has 2 fully saturated rings. The molecule has 0 saturated carbocycles. The maximum absolute atomic E-state index is 12.0. The molecule has 2 heterocycles. The molecule has 0 radical (unpaired) electrons. The Balaban J connectivity index is 2.11. The quantitative estimate of drug-likeness (QED) is 0.685. The third-order valence-electron chi connectivity index (χ3n) is 3.50.